The summed E-state index contributed by atoms with van der Waals surface area (Å²) in [5.74, 6) is -1.77. The van der Waals surface area contributed by atoms with Crippen molar-refractivity contribution in [1.29, 1.82) is 0 Å². The molecule has 0 saturated carbocycles. The van der Waals surface area contributed by atoms with E-state index in [1.54, 1.807) is 0 Å². The van der Waals surface area contributed by atoms with Gasteiger partial charge in [0.25, 0.3) is 0 Å². The van der Waals surface area contributed by atoms with Crippen molar-refractivity contribution in [2.24, 2.45) is 4.99 Å². The molecule has 0 aromatic heterocycles. The summed E-state index contributed by atoms with van der Waals surface area (Å²) >= 11 is 5.53. The van der Waals surface area contributed by atoms with E-state index < -0.39 is 23.8 Å². The first-order valence-electron chi connectivity index (χ1n) is 4.98. The molecule has 0 fully saturated rings. The smallest absolute Gasteiger partial charge is 0.413 e. The van der Waals surface area contributed by atoms with Crippen LogP contribution in [0.3, 0.4) is 0 Å². The third kappa shape index (κ3) is 3.60. The van der Waals surface area contributed by atoms with Crippen molar-refractivity contribution >= 4 is 23.4 Å². The lowest BCUT2D eigenvalue weighted by Gasteiger charge is -2.28. The molecule has 1 heterocycles. The normalized spacial score (nSPS) is 24.1. The molecule has 0 aromatic carbocycles. The number of carbonyl (C=O) groups is 1. The van der Waals surface area contributed by atoms with Crippen molar-refractivity contribution < 1.29 is 23.1 Å². The molecule has 8 heteroatoms. The standard InChI is InChI=1S/C11H10ClF3N2O2/c1-5(12)3-6-4-7(10(18)19)8(11(13,14)15)17-9(6)16-2/h3-4,8H,1H2,2H3,(H,16,17)(H,18,19)/b6-3-. The summed E-state index contributed by atoms with van der Waals surface area (Å²) in [5.41, 5.74) is -0.704. The predicted octanol–water partition coefficient (Wildman–Crippen LogP) is 2.24. The second-order valence-corrected chi connectivity index (χ2v) is 4.13. The maximum Gasteiger partial charge on any atom is 0.413 e. The predicted molar refractivity (Wildman–Crippen MR) is 65.1 cm³/mol. The second kappa shape index (κ2) is 5.48. The zero-order chi connectivity index (χ0) is 14.8. The Bertz CT molecular complexity index is 507. The molecule has 19 heavy (non-hydrogen) atoms. The van der Waals surface area contributed by atoms with E-state index in [-0.39, 0.29) is 16.4 Å². The zero-order valence-corrected chi connectivity index (χ0v) is 10.5. The lowest BCUT2D eigenvalue weighted by Crippen LogP contribution is -2.51. The van der Waals surface area contributed by atoms with Gasteiger partial charge >= 0.3 is 12.1 Å². The maximum atomic E-state index is 12.8. The number of nitrogens with zero attached hydrogens (tertiary/aromatic N) is 1. The van der Waals surface area contributed by atoms with E-state index >= 15 is 0 Å². The molecule has 0 amide bonds. The molecule has 2 N–H and O–H groups in total. The molecule has 1 rings (SSSR count). The summed E-state index contributed by atoms with van der Waals surface area (Å²) in [6.45, 7) is 3.36. The Hall–Kier alpha value is -1.76. The number of carboxylic acids is 1. The summed E-state index contributed by atoms with van der Waals surface area (Å²) < 4.78 is 38.3. The number of hydrogen-bond acceptors (Lipinski definition) is 2. The molecule has 1 aliphatic rings. The lowest BCUT2D eigenvalue weighted by atomic mass is 9.97. The summed E-state index contributed by atoms with van der Waals surface area (Å²) in [4.78, 5) is 14.5. The fraction of sp³-hybridized carbons (Fsp3) is 0.273. The molecule has 1 aliphatic heterocycles. The maximum absolute atomic E-state index is 12.8. The molecule has 0 aliphatic carbocycles. The minimum Gasteiger partial charge on any atom is -0.478 e. The highest BCUT2D eigenvalue weighted by Gasteiger charge is 2.47. The average Bonchev–Trinajstić information content (AvgIpc) is 2.26. The van der Waals surface area contributed by atoms with E-state index in [1.807, 2.05) is 5.32 Å². The van der Waals surface area contributed by atoms with Gasteiger partial charge in [-0.15, -0.1) is 0 Å². The Balaban J connectivity index is 3.38. The Morgan fingerprint density at radius 2 is 2.21 bits per heavy atom. The monoisotopic (exact) mass is 294 g/mol. The quantitative estimate of drug-likeness (QED) is 0.821. The van der Waals surface area contributed by atoms with Gasteiger partial charge in [-0.3, -0.25) is 4.99 Å². The Morgan fingerprint density at radius 1 is 1.63 bits per heavy atom. The van der Waals surface area contributed by atoms with Gasteiger partial charge in [-0.25, -0.2) is 4.79 Å². The highest BCUT2D eigenvalue weighted by Crippen LogP contribution is 2.30. The van der Waals surface area contributed by atoms with Crippen LogP contribution in [0.2, 0.25) is 0 Å². The van der Waals surface area contributed by atoms with Gasteiger partial charge in [0.1, 0.15) is 5.84 Å². The van der Waals surface area contributed by atoms with Crippen molar-refractivity contribution in [3.05, 3.63) is 34.9 Å². The number of aliphatic imine (C=N–C) groups is 1. The molecular weight excluding hydrogens is 285 g/mol. The van der Waals surface area contributed by atoms with Crippen LogP contribution in [0.5, 0.6) is 0 Å². The number of rotatable bonds is 2. The van der Waals surface area contributed by atoms with Crippen LogP contribution in [-0.4, -0.2) is 36.2 Å². The van der Waals surface area contributed by atoms with Crippen LogP contribution in [0.4, 0.5) is 13.2 Å². The van der Waals surface area contributed by atoms with Gasteiger partial charge in [-0.2, -0.15) is 13.2 Å². The largest absolute Gasteiger partial charge is 0.478 e. The molecular formula is C11H10ClF3N2O2. The van der Waals surface area contributed by atoms with Crippen molar-refractivity contribution in [2.75, 3.05) is 7.05 Å². The van der Waals surface area contributed by atoms with Gasteiger partial charge in [-0.05, 0) is 12.2 Å². The van der Waals surface area contributed by atoms with E-state index in [0.717, 1.165) is 6.08 Å². The summed E-state index contributed by atoms with van der Waals surface area (Å²) in [6, 6.07) is -2.32. The molecule has 104 valence electrons. The number of aliphatic carboxylic acids is 1. The van der Waals surface area contributed by atoms with E-state index in [4.69, 9.17) is 16.7 Å². The van der Waals surface area contributed by atoms with Crippen LogP contribution >= 0.6 is 11.6 Å². The Labute approximate surface area is 112 Å². The molecule has 0 saturated heterocycles. The molecule has 1 atom stereocenters. The number of carboxylic acid groups (broad SMARTS) is 1. The molecule has 0 radical (unpaired) electrons. The molecule has 1 unspecified atom stereocenters. The molecule has 0 bridgehead atoms. The number of nitrogens with one attached hydrogen (secondary N) is 1. The van der Waals surface area contributed by atoms with Gasteiger partial charge in [0.2, 0.25) is 0 Å². The molecule has 0 spiro atoms. The van der Waals surface area contributed by atoms with Crippen LogP contribution in [0, 0.1) is 0 Å². The van der Waals surface area contributed by atoms with E-state index in [9.17, 15) is 18.0 Å². The number of halogens is 4. The topological polar surface area (TPSA) is 61.7 Å². The number of amidine groups is 1. The Morgan fingerprint density at radius 3 is 2.58 bits per heavy atom. The minimum atomic E-state index is -4.75. The number of alkyl halides is 3. The van der Waals surface area contributed by atoms with Gasteiger partial charge in [0.05, 0.1) is 5.57 Å². The molecule has 4 nitrogen and oxygen atoms in total. The van der Waals surface area contributed by atoms with Crippen molar-refractivity contribution in [1.82, 2.24) is 5.32 Å². The van der Waals surface area contributed by atoms with E-state index in [0.29, 0.717) is 0 Å². The van der Waals surface area contributed by atoms with Crippen LogP contribution in [0.25, 0.3) is 0 Å². The van der Waals surface area contributed by atoms with Gasteiger partial charge in [0, 0.05) is 17.7 Å². The summed E-state index contributed by atoms with van der Waals surface area (Å²) in [5, 5.41) is 10.9. The van der Waals surface area contributed by atoms with E-state index in [2.05, 4.69) is 11.6 Å². The first kappa shape index (κ1) is 15.3. The van der Waals surface area contributed by atoms with Crippen molar-refractivity contribution in [2.45, 2.75) is 12.2 Å². The lowest BCUT2D eigenvalue weighted by molar-refractivity contribution is -0.152. The first-order chi connectivity index (χ1) is 8.66. The van der Waals surface area contributed by atoms with Crippen LogP contribution in [0.15, 0.2) is 39.9 Å². The first-order valence-corrected chi connectivity index (χ1v) is 5.36. The minimum absolute atomic E-state index is 0.0457. The SMILES string of the molecule is C=C(Cl)/C=C1/C=C(C(=O)O)C(C(F)(F)F)NC1=NC. The van der Waals surface area contributed by atoms with Crippen LogP contribution < -0.4 is 5.32 Å². The summed E-state index contributed by atoms with van der Waals surface area (Å²) in [7, 11) is 1.28. The summed E-state index contributed by atoms with van der Waals surface area (Å²) in [6.07, 6.45) is -2.64. The van der Waals surface area contributed by atoms with Crippen molar-refractivity contribution in [3.8, 4) is 0 Å². The van der Waals surface area contributed by atoms with Crippen LogP contribution in [-0.2, 0) is 4.79 Å². The highest BCUT2D eigenvalue weighted by atomic mass is 35.5. The van der Waals surface area contributed by atoms with Crippen LogP contribution in [0.1, 0.15) is 0 Å². The van der Waals surface area contributed by atoms with Crippen molar-refractivity contribution in [3.63, 3.8) is 0 Å². The zero-order valence-electron chi connectivity index (χ0n) is 9.75. The van der Waals surface area contributed by atoms with Gasteiger partial charge < -0.3 is 10.4 Å². The highest BCUT2D eigenvalue weighted by molar-refractivity contribution is 6.31. The fourth-order valence-electron chi connectivity index (χ4n) is 1.53. The third-order valence-corrected chi connectivity index (χ3v) is 2.40. The van der Waals surface area contributed by atoms with E-state index in [1.165, 1.54) is 13.1 Å². The van der Waals surface area contributed by atoms with Gasteiger partial charge in [-0.1, -0.05) is 18.2 Å². The number of hydrogen-bond donors (Lipinski definition) is 2. The van der Waals surface area contributed by atoms with Gasteiger partial charge in [0.15, 0.2) is 6.04 Å². The average molecular weight is 295 g/mol. The Kier molecular flexibility index (Phi) is 4.41. The number of allylic oxidation sites excluding steroid dienone is 2. The second-order valence-electron chi connectivity index (χ2n) is 3.64. The molecule has 0 aromatic rings. The fourth-order valence-corrected chi connectivity index (χ4v) is 1.65. The third-order valence-electron chi connectivity index (χ3n) is 2.29.